The fourth-order valence-electron chi connectivity index (χ4n) is 3.63. The van der Waals surface area contributed by atoms with Crippen molar-refractivity contribution in [3.8, 4) is 11.5 Å². The maximum absolute atomic E-state index is 13.3. The van der Waals surface area contributed by atoms with E-state index in [1.165, 1.54) is 38.5 Å². The molecule has 1 saturated carbocycles. The van der Waals surface area contributed by atoms with Gasteiger partial charge in [-0.05, 0) is 73.0 Å². The Morgan fingerprint density at radius 3 is 2.12 bits per heavy atom. The molecule has 0 heterocycles. The molecule has 0 saturated heterocycles. The van der Waals surface area contributed by atoms with Gasteiger partial charge in [0.1, 0.15) is 22.2 Å². The van der Waals surface area contributed by atoms with Crippen LogP contribution < -0.4 is 19.5 Å². The van der Waals surface area contributed by atoms with Crippen LogP contribution in [0.4, 0.5) is 15.8 Å². The van der Waals surface area contributed by atoms with Crippen molar-refractivity contribution in [3.63, 3.8) is 0 Å². The number of amides is 1. The van der Waals surface area contributed by atoms with Gasteiger partial charge in [0.05, 0.1) is 19.6 Å². The zero-order valence-electron chi connectivity index (χ0n) is 18.1. The summed E-state index contributed by atoms with van der Waals surface area (Å²) in [6, 6.07) is 16.7. The SMILES string of the molecule is COc1ccc(NS(=O)(=O)c2cc(NC(=O)C3(c4ccc(F)cc4)CC3)ccc2OC)cc1. The number of carbonyl (C=O) groups excluding carboxylic acids is 1. The highest BCUT2D eigenvalue weighted by Crippen LogP contribution is 2.49. The second-order valence-electron chi connectivity index (χ2n) is 7.74. The van der Waals surface area contributed by atoms with Crippen LogP contribution in [0.25, 0.3) is 0 Å². The third-order valence-corrected chi connectivity index (χ3v) is 7.04. The van der Waals surface area contributed by atoms with Crippen molar-refractivity contribution in [2.24, 2.45) is 0 Å². The predicted molar refractivity (Wildman–Crippen MR) is 123 cm³/mol. The number of benzene rings is 3. The van der Waals surface area contributed by atoms with Crippen LogP contribution in [-0.4, -0.2) is 28.5 Å². The third-order valence-electron chi connectivity index (χ3n) is 5.63. The highest BCUT2D eigenvalue weighted by Gasteiger charge is 2.51. The minimum atomic E-state index is -4.02. The van der Waals surface area contributed by atoms with Gasteiger partial charge in [-0.3, -0.25) is 9.52 Å². The highest BCUT2D eigenvalue weighted by atomic mass is 32.2. The van der Waals surface area contributed by atoms with Gasteiger partial charge >= 0.3 is 0 Å². The standard InChI is InChI=1S/C24H23FN2O5S/c1-31-20-10-7-18(8-11-20)27-33(29,30)22-15-19(9-12-21(22)32-2)26-23(28)24(13-14-24)16-3-5-17(25)6-4-16/h3-12,15,27H,13-14H2,1-2H3,(H,26,28). The number of halogens is 1. The van der Waals surface area contributed by atoms with E-state index in [1.54, 1.807) is 42.5 Å². The average Bonchev–Trinajstić information content (AvgIpc) is 3.62. The molecular formula is C24H23FN2O5S. The van der Waals surface area contributed by atoms with Crippen molar-refractivity contribution < 1.29 is 27.1 Å². The van der Waals surface area contributed by atoms with Crippen LogP contribution in [0.15, 0.2) is 71.6 Å². The van der Waals surface area contributed by atoms with Crippen LogP contribution in [0.1, 0.15) is 18.4 Å². The van der Waals surface area contributed by atoms with Crippen LogP contribution >= 0.6 is 0 Å². The Kier molecular flexibility index (Phi) is 5.99. The van der Waals surface area contributed by atoms with Crippen molar-refractivity contribution in [3.05, 3.63) is 78.1 Å². The summed E-state index contributed by atoms with van der Waals surface area (Å²) in [7, 11) is -1.13. The first-order valence-corrected chi connectivity index (χ1v) is 11.7. The summed E-state index contributed by atoms with van der Waals surface area (Å²) in [6.07, 6.45) is 1.26. The molecule has 1 aliphatic rings. The van der Waals surface area contributed by atoms with Gasteiger partial charge in [-0.25, -0.2) is 12.8 Å². The molecule has 0 spiro atoms. The summed E-state index contributed by atoms with van der Waals surface area (Å²) in [4.78, 5) is 12.9. The minimum absolute atomic E-state index is 0.120. The van der Waals surface area contributed by atoms with Crippen molar-refractivity contribution in [2.75, 3.05) is 24.3 Å². The van der Waals surface area contributed by atoms with Crippen molar-refractivity contribution in [1.29, 1.82) is 0 Å². The number of sulfonamides is 1. The maximum Gasteiger partial charge on any atom is 0.265 e. The summed E-state index contributed by atoms with van der Waals surface area (Å²) in [5.74, 6) is 0.0825. The van der Waals surface area contributed by atoms with E-state index in [-0.39, 0.29) is 22.4 Å². The van der Waals surface area contributed by atoms with Gasteiger partial charge in [0.2, 0.25) is 5.91 Å². The summed E-state index contributed by atoms with van der Waals surface area (Å²) < 4.78 is 52.2. The van der Waals surface area contributed by atoms with Gasteiger partial charge in [-0.1, -0.05) is 12.1 Å². The lowest BCUT2D eigenvalue weighted by Gasteiger charge is -2.17. The highest BCUT2D eigenvalue weighted by molar-refractivity contribution is 7.92. The number of rotatable bonds is 8. The van der Waals surface area contributed by atoms with Crippen molar-refractivity contribution in [2.45, 2.75) is 23.2 Å². The lowest BCUT2D eigenvalue weighted by Crippen LogP contribution is -2.28. The fraction of sp³-hybridized carbons (Fsp3) is 0.208. The smallest absolute Gasteiger partial charge is 0.265 e. The van der Waals surface area contributed by atoms with Crippen molar-refractivity contribution >= 4 is 27.3 Å². The Labute approximate surface area is 191 Å². The van der Waals surface area contributed by atoms with E-state index < -0.39 is 15.4 Å². The summed E-state index contributed by atoms with van der Waals surface area (Å²) in [6.45, 7) is 0. The summed E-state index contributed by atoms with van der Waals surface area (Å²) in [5.41, 5.74) is 0.641. The van der Waals surface area contributed by atoms with Crippen LogP contribution in [0.3, 0.4) is 0 Å². The van der Waals surface area contributed by atoms with Gasteiger partial charge in [0.15, 0.2) is 0 Å². The number of carbonyl (C=O) groups is 1. The molecule has 7 nitrogen and oxygen atoms in total. The molecule has 0 aromatic heterocycles. The molecular weight excluding hydrogens is 447 g/mol. The Bertz CT molecular complexity index is 1270. The maximum atomic E-state index is 13.3. The molecule has 1 amide bonds. The molecule has 0 aliphatic heterocycles. The second kappa shape index (κ2) is 8.74. The number of methoxy groups -OCH3 is 2. The largest absolute Gasteiger partial charge is 0.497 e. The van der Waals surface area contributed by atoms with Crippen LogP contribution in [0.2, 0.25) is 0 Å². The molecule has 9 heteroatoms. The van der Waals surface area contributed by atoms with E-state index in [2.05, 4.69) is 10.0 Å². The summed E-state index contributed by atoms with van der Waals surface area (Å²) >= 11 is 0. The fourth-order valence-corrected chi connectivity index (χ4v) is 4.88. The lowest BCUT2D eigenvalue weighted by atomic mass is 9.95. The Morgan fingerprint density at radius 2 is 1.55 bits per heavy atom. The molecule has 33 heavy (non-hydrogen) atoms. The molecule has 3 aromatic rings. The Balaban J connectivity index is 1.58. The summed E-state index contributed by atoms with van der Waals surface area (Å²) in [5, 5.41) is 2.80. The first-order valence-electron chi connectivity index (χ1n) is 10.2. The topological polar surface area (TPSA) is 93.7 Å². The lowest BCUT2D eigenvalue weighted by molar-refractivity contribution is -0.118. The molecule has 2 N–H and O–H groups in total. The van der Waals surface area contributed by atoms with Gasteiger partial charge in [-0.15, -0.1) is 0 Å². The average molecular weight is 471 g/mol. The minimum Gasteiger partial charge on any atom is -0.497 e. The Hall–Kier alpha value is -3.59. The zero-order chi connectivity index (χ0) is 23.6. The van der Waals surface area contributed by atoms with Crippen LogP contribution in [-0.2, 0) is 20.2 Å². The van der Waals surface area contributed by atoms with E-state index in [4.69, 9.17) is 9.47 Å². The molecule has 0 atom stereocenters. The third kappa shape index (κ3) is 4.63. The molecule has 1 aliphatic carbocycles. The quantitative estimate of drug-likeness (QED) is 0.512. The molecule has 172 valence electrons. The first-order chi connectivity index (χ1) is 15.8. The molecule has 4 rings (SSSR count). The molecule has 0 unspecified atom stereocenters. The number of ether oxygens (including phenoxy) is 2. The number of nitrogens with one attached hydrogen (secondary N) is 2. The predicted octanol–water partition coefficient (Wildman–Crippen LogP) is 4.31. The molecule has 1 fully saturated rings. The Morgan fingerprint density at radius 1 is 0.909 bits per heavy atom. The zero-order valence-corrected chi connectivity index (χ0v) is 18.9. The molecule has 0 bridgehead atoms. The van der Waals surface area contributed by atoms with Crippen LogP contribution in [0.5, 0.6) is 11.5 Å². The number of hydrogen-bond donors (Lipinski definition) is 2. The first kappa shape index (κ1) is 22.6. The van der Waals surface area contributed by atoms with E-state index in [1.807, 2.05) is 0 Å². The van der Waals surface area contributed by atoms with Gasteiger partial charge in [0.25, 0.3) is 10.0 Å². The normalized spacial score (nSPS) is 14.3. The van der Waals surface area contributed by atoms with Gasteiger partial charge < -0.3 is 14.8 Å². The van der Waals surface area contributed by atoms with E-state index in [0.29, 0.717) is 30.0 Å². The van der Waals surface area contributed by atoms with E-state index >= 15 is 0 Å². The number of anilines is 2. The number of hydrogen-bond acceptors (Lipinski definition) is 5. The van der Waals surface area contributed by atoms with Crippen molar-refractivity contribution in [1.82, 2.24) is 0 Å². The molecule has 0 radical (unpaired) electrons. The van der Waals surface area contributed by atoms with Gasteiger partial charge in [0, 0.05) is 11.4 Å². The van der Waals surface area contributed by atoms with E-state index in [0.717, 1.165) is 5.56 Å². The van der Waals surface area contributed by atoms with Gasteiger partial charge in [-0.2, -0.15) is 0 Å². The van der Waals surface area contributed by atoms with Crippen LogP contribution in [0, 0.1) is 5.82 Å². The second-order valence-corrected chi connectivity index (χ2v) is 9.39. The molecule has 3 aromatic carbocycles. The van der Waals surface area contributed by atoms with E-state index in [9.17, 15) is 17.6 Å². The monoisotopic (exact) mass is 470 g/mol.